The van der Waals surface area contributed by atoms with Crippen molar-refractivity contribution in [3.05, 3.63) is 66.2 Å². The maximum absolute atomic E-state index is 13.7. The summed E-state index contributed by atoms with van der Waals surface area (Å²) in [4.78, 5) is 41.8. The first-order valence-electron chi connectivity index (χ1n) is 11.7. The van der Waals surface area contributed by atoms with Gasteiger partial charge in [-0.15, -0.1) is 0 Å². The number of hydrazone groups is 1. The van der Waals surface area contributed by atoms with E-state index in [1.165, 1.54) is 0 Å². The van der Waals surface area contributed by atoms with E-state index in [-0.39, 0.29) is 25.0 Å². The van der Waals surface area contributed by atoms with Gasteiger partial charge in [-0.05, 0) is 30.5 Å². The third-order valence-corrected chi connectivity index (χ3v) is 6.89. The summed E-state index contributed by atoms with van der Waals surface area (Å²) >= 11 is 0. The van der Waals surface area contributed by atoms with Gasteiger partial charge < -0.3 is 14.4 Å². The summed E-state index contributed by atoms with van der Waals surface area (Å²) in [6, 6.07) is 17.2. The molecular weight excluding hydrogens is 434 g/mol. The highest BCUT2D eigenvalue weighted by Crippen LogP contribution is 2.45. The molecule has 2 unspecified atom stereocenters. The highest BCUT2D eigenvalue weighted by atomic mass is 16.6. The molecule has 0 bridgehead atoms. The maximum atomic E-state index is 13.7. The Morgan fingerprint density at radius 1 is 1.03 bits per heavy atom. The number of nitrogens with zero attached hydrogens (tertiary/aromatic N) is 2. The minimum Gasteiger partial charge on any atom is -0.462 e. The Morgan fingerprint density at radius 3 is 2.41 bits per heavy atom. The number of hydrogen-bond acceptors (Lipinski definition) is 7. The molecule has 34 heavy (non-hydrogen) atoms. The Morgan fingerprint density at radius 2 is 1.71 bits per heavy atom. The maximum Gasteiger partial charge on any atom is 0.330 e. The second-order valence-electron chi connectivity index (χ2n) is 8.99. The Hall–Kier alpha value is -3.68. The number of rotatable bonds is 6. The van der Waals surface area contributed by atoms with Crippen LogP contribution in [-0.4, -0.2) is 47.1 Å². The third-order valence-electron chi connectivity index (χ3n) is 6.89. The summed E-state index contributed by atoms with van der Waals surface area (Å²) in [7, 11) is 0. The molecule has 2 saturated heterocycles. The first-order chi connectivity index (χ1) is 16.6. The zero-order chi connectivity index (χ0) is 23.5. The number of nitrogens with one attached hydrogen (secondary N) is 1. The summed E-state index contributed by atoms with van der Waals surface area (Å²) in [6.07, 6.45) is 4.59. The van der Waals surface area contributed by atoms with E-state index in [0.717, 1.165) is 37.7 Å². The van der Waals surface area contributed by atoms with Crippen LogP contribution in [0.2, 0.25) is 0 Å². The molecule has 2 aliphatic heterocycles. The van der Waals surface area contributed by atoms with Gasteiger partial charge in [0, 0.05) is 6.04 Å². The predicted octanol–water partition coefficient (Wildman–Crippen LogP) is 3.28. The number of fused-ring (bicyclic) bond motifs is 1. The lowest BCUT2D eigenvalue weighted by Crippen LogP contribution is -2.51. The number of benzene rings is 2. The summed E-state index contributed by atoms with van der Waals surface area (Å²) < 4.78 is 11.1. The zero-order valence-electron chi connectivity index (χ0n) is 18.8. The summed E-state index contributed by atoms with van der Waals surface area (Å²) in [6.45, 7) is -0.242. The van der Waals surface area contributed by atoms with Crippen LogP contribution in [0.5, 0.6) is 0 Å². The van der Waals surface area contributed by atoms with Crippen LogP contribution in [0.3, 0.4) is 0 Å². The van der Waals surface area contributed by atoms with E-state index >= 15 is 0 Å². The molecule has 2 heterocycles. The fourth-order valence-electron chi connectivity index (χ4n) is 5.16. The minimum atomic E-state index is -1.61. The highest BCUT2D eigenvalue weighted by molar-refractivity contribution is 6.48. The van der Waals surface area contributed by atoms with Crippen molar-refractivity contribution in [2.45, 2.75) is 50.8 Å². The number of esters is 2. The molecule has 2 aromatic carbocycles. The van der Waals surface area contributed by atoms with Gasteiger partial charge in [0.2, 0.25) is 0 Å². The van der Waals surface area contributed by atoms with Crippen LogP contribution >= 0.6 is 0 Å². The van der Waals surface area contributed by atoms with Crippen LogP contribution in [0.4, 0.5) is 5.69 Å². The predicted molar refractivity (Wildman–Crippen MR) is 125 cm³/mol. The van der Waals surface area contributed by atoms with Gasteiger partial charge in [-0.1, -0.05) is 67.8 Å². The van der Waals surface area contributed by atoms with Crippen molar-refractivity contribution in [2.24, 2.45) is 10.5 Å². The van der Waals surface area contributed by atoms with E-state index in [1.807, 2.05) is 48.5 Å². The monoisotopic (exact) mass is 461 g/mol. The summed E-state index contributed by atoms with van der Waals surface area (Å²) in [5.41, 5.74) is 2.72. The molecule has 2 aromatic rings. The first kappa shape index (κ1) is 22.1. The Labute approximate surface area is 197 Å². The topological polar surface area (TPSA) is 97.3 Å². The van der Waals surface area contributed by atoms with Crippen LogP contribution in [0.15, 0.2) is 65.8 Å². The van der Waals surface area contributed by atoms with Gasteiger partial charge >= 0.3 is 11.9 Å². The van der Waals surface area contributed by atoms with Gasteiger partial charge in [-0.3, -0.25) is 15.0 Å². The van der Waals surface area contributed by atoms with Crippen molar-refractivity contribution in [1.82, 2.24) is 4.90 Å². The lowest BCUT2D eigenvalue weighted by Gasteiger charge is -2.34. The van der Waals surface area contributed by atoms with Gasteiger partial charge in [0.25, 0.3) is 5.91 Å². The van der Waals surface area contributed by atoms with E-state index < -0.39 is 29.3 Å². The molecule has 0 spiro atoms. The number of anilines is 1. The van der Waals surface area contributed by atoms with Crippen molar-refractivity contribution >= 4 is 29.2 Å². The number of cyclic esters (lactones) is 1. The Bertz CT molecular complexity index is 1100. The average Bonchev–Trinajstić information content (AvgIpc) is 3.35. The molecule has 1 saturated carbocycles. The number of amides is 1. The minimum absolute atomic E-state index is 0.0271. The SMILES string of the molecule is O=C1OCC2(C(=O)OCc3ccccc3)/C(=N/Nc3ccccc3)C(=O)N(C3CCCCC3)C12. The molecule has 2 atom stereocenters. The summed E-state index contributed by atoms with van der Waals surface area (Å²) in [5, 5.41) is 4.39. The molecule has 8 heteroatoms. The molecule has 1 aliphatic carbocycles. The number of likely N-dealkylation sites (tertiary alicyclic amines) is 1. The van der Waals surface area contributed by atoms with Crippen molar-refractivity contribution in [3.63, 3.8) is 0 Å². The van der Waals surface area contributed by atoms with Crippen LogP contribution in [0.25, 0.3) is 0 Å². The molecule has 8 nitrogen and oxygen atoms in total. The number of carbonyl (C=O) groups excluding carboxylic acids is 3. The molecule has 3 aliphatic rings. The summed E-state index contributed by atoms with van der Waals surface area (Å²) in [5.74, 6) is -1.67. The zero-order valence-corrected chi connectivity index (χ0v) is 18.8. The third kappa shape index (κ3) is 3.83. The molecule has 1 N–H and O–H groups in total. The molecule has 5 rings (SSSR count). The Balaban J connectivity index is 1.51. The number of carbonyl (C=O) groups is 3. The van der Waals surface area contributed by atoms with Gasteiger partial charge in [-0.2, -0.15) is 5.10 Å². The standard InChI is InChI=1S/C26H27N3O5/c30-23-21(28-27-19-12-6-2-7-13-19)26(25(32)33-16-18-10-4-1-5-11-18)17-34-24(31)22(26)29(23)20-14-8-3-9-15-20/h1-2,4-7,10-13,20,22,27H,3,8-9,14-17H2/b28-21+. The molecule has 1 amide bonds. The molecule has 0 aromatic heterocycles. The lowest BCUT2D eigenvalue weighted by molar-refractivity contribution is -0.155. The van der Waals surface area contributed by atoms with E-state index in [9.17, 15) is 14.4 Å². The average molecular weight is 462 g/mol. The van der Waals surface area contributed by atoms with Gasteiger partial charge in [-0.25, -0.2) is 4.79 Å². The molecule has 176 valence electrons. The van der Waals surface area contributed by atoms with Crippen LogP contribution in [0, 0.1) is 5.41 Å². The lowest BCUT2D eigenvalue weighted by atomic mass is 9.80. The van der Waals surface area contributed by atoms with Crippen LogP contribution in [-0.2, 0) is 30.5 Å². The quantitative estimate of drug-likeness (QED) is 0.524. The molecule has 3 fully saturated rings. The second-order valence-corrected chi connectivity index (χ2v) is 8.99. The fourth-order valence-corrected chi connectivity index (χ4v) is 5.16. The fraction of sp³-hybridized carbons (Fsp3) is 0.385. The van der Waals surface area contributed by atoms with Gasteiger partial charge in [0.05, 0.1) is 5.69 Å². The van der Waals surface area contributed by atoms with Crippen molar-refractivity contribution in [2.75, 3.05) is 12.0 Å². The normalized spacial score (nSPS) is 25.8. The van der Waals surface area contributed by atoms with Crippen molar-refractivity contribution < 1.29 is 23.9 Å². The van der Waals surface area contributed by atoms with Crippen molar-refractivity contribution in [1.29, 1.82) is 0 Å². The number of hydrogen-bond donors (Lipinski definition) is 1. The first-order valence-corrected chi connectivity index (χ1v) is 11.7. The van der Waals surface area contributed by atoms with E-state index in [1.54, 1.807) is 17.0 Å². The molecular formula is C26H27N3O5. The Kier molecular flexibility index (Phi) is 6.04. The van der Waals surface area contributed by atoms with Gasteiger partial charge in [0.1, 0.15) is 18.9 Å². The number of ether oxygens (including phenoxy) is 2. The highest BCUT2D eigenvalue weighted by Gasteiger charge is 2.71. The van der Waals surface area contributed by atoms with Gasteiger partial charge in [0.15, 0.2) is 11.5 Å². The number of para-hydroxylation sites is 1. The van der Waals surface area contributed by atoms with Crippen LogP contribution in [0.1, 0.15) is 37.7 Å². The largest absolute Gasteiger partial charge is 0.462 e. The van der Waals surface area contributed by atoms with E-state index in [4.69, 9.17) is 9.47 Å². The smallest absolute Gasteiger partial charge is 0.330 e. The van der Waals surface area contributed by atoms with E-state index in [2.05, 4.69) is 10.5 Å². The van der Waals surface area contributed by atoms with Crippen molar-refractivity contribution in [3.8, 4) is 0 Å². The van der Waals surface area contributed by atoms with Crippen LogP contribution < -0.4 is 5.43 Å². The van der Waals surface area contributed by atoms with E-state index in [0.29, 0.717) is 5.69 Å². The molecule has 0 radical (unpaired) electrons. The second kappa shape index (κ2) is 9.29.